The SMILES string of the molecule is OCC1C=CC=C2c3ccccc3C=C[C-]21.[Pd]. The second-order valence-corrected chi connectivity index (χ2v) is 4.13. The molecule has 1 aromatic carbocycles. The number of fused-ring (bicyclic) bond motifs is 3. The van der Waals surface area contributed by atoms with Crippen molar-refractivity contribution in [3.05, 3.63) is 65.6 Å². The van der Waals surface area contributed by atoms with Gasteiger partial charge in [0.05, 0.1) is 0 Å². The van der Waals surface area contributed by atoms with Gasteiger partial charge in [0, 0.05) is 27.0 Å². The summed E-state index contributed by atoms with van der Waals surface area (Å²) in [5, 5.41) is 9.34. The van der Waals surface area contributed by atoms with Crippen LogP contribution < -0.4 is 0 Å². The number of aliphatic hydroxyl groups excluding tert-OH is 1. The Labute approximate surface area is 115 Å². The second-order valence-electron chi connectivity index (χ2n) is 4.13. The van der Waals surface area contributed by atoms with Crippen molar-refractivity contribution < 1.29 is 25.5 Å². The predicted octanol–water partition coefficient (Wildman–Crippen LogP) is 2.85. The van der Waals surface area contributed by atoms with E-state index in [9.17, 15) is 5.11 Å². The van der Waals surface area contributed by atoms with Crippen molar-refractivity contribution >= 4 is 11.6 Å². The van der Waals surface area contributed by atoms with Crippen molar-refractivity contribution in [2.45, 2.75) is 0 Å². The molecule has 90 valence electrons. The summed E-state index contributed by atoms with van der Waals surface area (Å²) in [6.45, 7) is 0.176. The molecule has 0 aliphatic heterocycles. The van der Waals surface area contributed by atoms with E-state index in [0.29, 0.717) is 0 Å². The van der Waals surface area contributed by atoms with Gasteiger partial charge in [-0.2, -0.15) is 0 Å². The maximum atomic E-state index is 9.34. The normalized spacial score (nSPS) is 20.2. The van der Waals surface area contributed by atoms with Crippen LogP contribution in [0.5, 0.6) is 0 Å². The molecule has 1 N–H and O–H groups in total. The van der Waals surface area contributed by atoms with Gasteiger partial charge in [0.15, 0.2) is 0 Å². The van der Waals surface area contributed by atoms with Crippen LogP contribution in [0, 0.1) is 11.8 Å². The van der Waals surface area contributed by atoms with E-state index in [2.05, 4.69) is 48.6 Å². The summed E-state index contributed by atoms with van der Waals surface area (Å²) >= 11 is 0. The van der Waals surface area contributed by atoms with E-state index in [-0.39, 0.29) is 32.9 Å². The number of rotatable bonds is 1. The van der Waals surface area contributed by atoms with E-state index in [1.165, 1.54) is 22.6 Å². The van der Waals surface area contributed by atoms with E-state index < -0.39 is 0 Å². The van der Waals surface area contributed by atoms with Gasteiger partial charge in [-0.3, -0.25) is 0 Å². The Morgan fingerprint density at radius 3 is 2.88 bits per heavy atom. The summed E-state index contributed by atoms with van der Waals surface area (Å²) in [5.74, 6) is 1.37. The second kappa shape index (κ2) is 5.06. The fraction of sp³-hybridized carbons (Fsp3) is 0.133. The molecule has 0 fully saturated rings. The van der Waals surface area contributed by atoms with Crippen LogP contribution in [-0.2, 0) is 20.4 Å². The van der Waals surface area contributed by atoms with E-state index in [4.69, 9.17) is 0 Å². The molecule has 1 aromatic rings. The van der Waals surface area contributed by atoms with Gasteiger partial charge in [-0.1, -0.05) is 30.3 Å². The molecule has 1 unspecified atom stereocenters. The maximum Gasteiger partial charge on any atom is 0.0454 e. The van der Waals surface area contributed by atoms with Crippen molar-refractivity contribution in [3.8, 4) is 0 Å². The van der Waals surface area contributed by atoms with Gasteiger partial charge >= 0.3 is 0 Å². The summed E-state index contributed by atoms with van der Waals surface area (Å²) in [5.41, 5.74) is 3.77. The summed E-state index contributed by atoms with van der Waals surface area (Å²) in [6, 6.07) is 8.37. The van der Waals surface area contributed by atoms with Gasteiger partial charge in [0.2, 0.25) is 0 Å². The van der Waals surface area contributed by atoms with Gasteiger partial charge in [-0.15, -0.1) is 46.9 Å². The van der Waals surface area contributed by atoms with Gasteiger partial charge < -0.3 is 5.11 Å². The summed E-state index contributed by atoms with van der Waals surface area (Å²) < 4.78 is 0. The molecule has 0 radical (unpaired) electrons. The van der Waals surface area contributed by atoms with E-state index >= 15 is 0 Å². The molecule has 2 aliphatic rings. The molecule has 2 aliphatic carbocycles. The molecule has 0 bridgehead atoms. The fourth-order valence-corrected chi connectivity index (χ4v) is 2.37. The molecule has 1 atom stereocenters. The Morgan fingerprint density at radius 2 is 2.06 bits per heavy atom. The largest absolute Gasteiger partial charge is 0.396 e. The minimum atomic E-state index is 0. The van der Waals surface area contributed by atoms with Gasteiger partial charge in [0.25, 0.3) is 0 Å². The van der Waals surface area contributed by atoms with E-state index in [0.717, 1.165) is 0 Å². The van der Waals surface area contributed by atoms with Crippen molar-refractivity contribution in [2.24, 2.45) is 5.92 Å². The summed E-state index contributed by atoms with van der Waals surface area (Å²) in [6.07, 6.45) is 10.5. The van der Waals surface area contributed by atoms with Crippen LogP contribution in [0.1, 0.15) is 11.1 Å². The molecule has 0 aromatic heterocycles. The molecule has 0 heterocycles. The van der Waals surface area contributed by atoms with Crippen molar-refractivity contribution in [1.82, 2.24) is 0 Å². The van der Waals surface area contributed by atoms with Crippen LogP contribution in [0.15, 0.2) is 48.6 Å². The molecule has 3 rings (SSSR count). The summed E-state index contributed by atoms with van der Waals surface area (Å²) in [7, 11) is 0. The van der Waals surface area contributed by atoms with Crippen LogP contribution in [-0.4, -0.2) is 11.7 Å². The third-order valence-electron chi connectivity index (χ3n) is 3.21. The van der Waals surface area contributed by atoms with Crippen LogP contribution in [0.3, 0.4) is 0 Å². The third-order valence-corrected chi connectivity index (χ3v) is 3.21. The number of aliphatic hydroxyl groups is 1. The Balaban J connectivity index is 0.00000108. The average molecular weight is 316 g/mol. The first-order chi connectivity index (χ1) is 7.90. The molecule has 2 heteroatoms. The third kappa shape index (κ3) is 2.05. The van der Waals surface area contributed by atoms with Gasteiger partial charge in [-0.25, -0.2) is 0 Å². The molecule has 0 saturated heterocycles. The topological polar surface area (TPSA) is 20.2 Å². The van der Waals surface area contributed by atoms with Crippen LogP contribution in [0.2, 0.25) is 0 Å². The van der Waals surface area contributed by atoms with Gasteiger partial charge in [0.1, 0.15) is 0 Å². The first-order valence-electron chi connectivity index (χ1n) is 5.54. The minimum Gasteiger partial charge on any atom is -0.396 e. The smallest absolute Gasteiger partial charge is 0.0454 e. The average Bonchev–Trinajstić information content (AvgIpc) is 2.37. The maximum absolute atomic E-state index is 9.34. The molecular weight excluding hydrogens is 303 g/mol. The molecular formula is C15H13OPd-. The zero-order chi connectivity index (χ0) is 11.0. The quantitative estimate of drug-likeness (QED) is 0.624. The minimum absolute atomic E-state index is 0. The molecule has 0 saturated carbocycles. The Kier molecular flexibility index (Phi) is 3.69. The van der Waals surface area contributed by atoms with Crippen LogP contribution in [0.25, 0.3) is 11.6 Å². The number of benzene rings is 1. The Morgan fingerprint density at radius 1 is 1.24 bits per heavy atom. The molecule has 17 heavy (non-hydrogen) atoms. The molecule has 0 spiro atoms. The fourth-order valence-electron chi connectivity index (χ4n) is 2.37. The van der Waals surface area contributed by atoms with Gasteiger partial charge in [-0.05, 0) is 5.92 Å². The molecule has 0 amide bonds. The zero-order valence-electron chi connectivity index (χ0n) is 9.24. The van der Waals surface area contributed by atoms with E-state index in [1.54, 1.807) is 0 Å². The first-order valence-corrected chi connectivity index (χ1v) is 5.54. The number of hydrogen-bond acceptors (Lipinski definition) is 1. The Hall–Kier alpha value is -1.07. The zero-order valence-corrected chi connectivity index (χ0v) is 10.8. The number of hydrogen-bond donors (Lipinski definition) is 1. The Bertz CT molecular complexity index is 499. The first kappa shape index (κ1) is 12.4. The monoisotopic (exact) mass is 315 g/mol. The van der Waals surface area contributed by atoms with Crippen molar-refractivity contribution in [2.75, 3.05) is 6.61 Å². The summed E-state index contributed by atoms with van der Waals surface area (Å²) in [4.78, 5) is 0. The van der Waals surface area contributed by atoms with Crippen molar-refractivity contribution in [1.29, 1.82) is 0 Å². The van der Waals surface area contributed by atoms with Crippen LogP contribution in [0.4, 0.5) is 0 Å². The predicted molar refractivity (Wildman–Crippen MR) is 66.4 cm³/mol. The number of allylic oxidation sites excluding steroid dienone is 4. The standard InChI is InChI=1S/C15H13O.Pd/c16-10-12-5-3-7-15-13-6-2-1-4-11(13)8-9-14(12)15;/h1-9,12,16H,10H2;/q-1;. The van der Waals surface area contributed by atoms with Crippen molar-refractivity contribution in [3.63, 3.8) is 0 Å². The molecule has 1 nitrogen and oxygen atoms in total. The van der Waals surface area contributed by atoms with Crippen LogP contribution >= 0.6 is 0 Å². The van der Waals surface area contributed by atoms with E-state index in [1.807, 2.05) is 6.08 Å².